The van der Waals surface area contributed by atoms with Gasteiger partial charge in [0.1, 0.15) is 5.75 Å². The van der Waals surface area contributed by atoms with Crippen molar-refractivity contribution in [2.24, 2.45) is 0 Å². The van der Waals surface area contributed by atoms with Gasteiger partial charge in [0, 0.05) is 25.1 Å². The molecule has 1 saturated heterocycles. The molecule has 0 radical (unpaired) electrons. The fraction of sp³-hybridized carbons (Fsp3) is 0.412. The number of para-hydroxylation sites is 1. The summed E-state index contributed by atoms with van der Waals surface area (Å²) in [6, 6.07) is 9.59. The fourth-order valence-electron chi connectivity index (χ4n) is 2.60. The van der Waals surface area contributed by atoms with Crippen LogP contribution < -0.4 is 15.2 Å². The lowest BCUT2D eigenvalue weighted by atomic mass is 10.2. The first kappa shape index (κ1) is 15.6. The molecule has 23 heavy (non-hydrogen) atoms. The van der Waals surface area contributed by atoms with Gasteiger partial charge >= 0.3 is 0 Å². The number of nitrogens with zero attached hydrogens (tertiary/aromatic N) is 2. The van der Waals surface area contributed by atoms with E-state index in [0.29, 0.717) is 37.8 Å². The highest BCUT2D eigenvalue weighted by Crippen LogP contribution is 2.12. The summed E-state index contributed by atoms with van der Waals surface area (Å²) in [5.74, 6) is 1.43. The third kappa shape index (κ3) is 3.90. The van der Waals surface area contributed by atoms with Crippen LogP contribution in [-0.4, -0.2) is 42.9 Å². The lowest BCUT2D eigenvalue weighted by Crippen LogP contribution is -2.38. The molecule has 0 saturated carbocycles. The van der Waals surface area contributed by atoms with Crippen LogP contribution in [0.4, 0.5) is 5.95 Å². The number of aromatic amines is 1. The second-order valence-electron chi connectivity index (χ2n) is 5.46. The number of H-pyrrole nitrogens is 1. The molecule has 0 aliphatic carbocycles. The molecule has 1 fully saturated rings. The van der Waals surface area contributed by atoms with E-state index in [0.717, 1.165) is 24.5 Å². The lowest BCUT2D eigenvalue weighted by Gasteiger charge is -2.27. The number of hydrogen-bond acceptors (Lipinski definition) is 5. The van der Waals surface area contributed by atoms with Crippen molar-refractivity contribution in [3.05, 3.63) is 51.9 Å². The number of anilines is 1. The predicted octanol–water partition coefficient (Wildman–Crippen LogP) is 1.54. The molecular weight excluding hydrogens is 294 g/mol. The summed E-state index contributed by atoms with van der Waals surface area (Å²) >= 11 is 0. The second kappa shape index (κ2) is 7.28. The Balaban J connectivity index is 1.66. The molecule has 1 aromatic carbocycles. The van der Waals surface area contributed by atoms with Crippen molar-refractivity contribution < 1.29 is 9.47 Å². The Labute approximate surface area is 135 Å². The molecular formula is C17H21N3O3. The summed E-state index contributed by atoms with van der Waals surface area (Å²) in [7, 11) is 0. The minimum atomic E-state index is -0.0874. The number of rotatable bonds is 5. The summed E-state index contributed by atoms with van der Waals surface area (Å²) in [5.41, 5.74) is 1.35. The maximum Gasteiger partial charge on any atom is 0.255 e. The number of morpholine rings is 1. The Morgan fingerprint density at radius 2 is 2.00 bits per heavy atom. The average Bonchev–Trinajstić information content (AvgIpc) is 2.59. The molecule has 0 spiro atoms. The molecule has 3 rings (SSSR count). The van der Waals surface area contributed by atoms with Gasteiger partial charge in [0.2, 0.25) is 5.95 Å². The molecule has 122 valence electrons. The quantitative estimate of drug-likeness (QED) is 0.906. The topological polar surface area (TPSA) is 67.5 Å². The van der Waals surface area contributed by atoms with Crippen LogP contribution in [0.25, 0.3) is 0 Å². The molecule has 2 aromatic rings. The highest BCUT2D eigenvalue weighted by Gasteiger charge is 2.16. The monoisotopic (exact) mass is 315 g/mol. The van der Waals surface area contributed by atoms with Crippen LogP contribution in [0.3, 0.4) is 0 Å². The summed E-state index contributed by atoms with van der Waals surface area (Å²) in [6.45, 7) is 5.14. The van der Waals surface area contributed by atoms with Gasteiger partial charge in [-0.1, -0.05) is 18.2 Å². The maximum atomic E-state index is 12.3. The number of benzene rings is 1. The van der Waals surface area contributed by atoms with Crippen LogP contribution in [-0.2, 0) is 11.2 Å². The van der Waals surface area contributed by atoms with Crippen LogP contribution in [0.15, 0.2) is 35.1 Å². The molecule has 0 bridgehead atoms. The van der Waals surface area contributed by atoms with E-state index in [-0.39, 0.29) is 5.56 Å². The Morgan fingerprint density at radius 3 is 2.70 bits per heavy atom. The van der Waals surface area contributed by atoms with Gasteiger partial charge in [0.25, 0.3) is 5.56 Å². The van der Waals surface area contributed by atoms with Gasteiger partial charge in [0.15, 0.2) is 0 Å². The van der Waals surface area contributed by atoms with E-state index >= 15 is 0 Å². The minimum absolute atomic E-state index is 0.0874. The van der Waals surface area contributed by atoms with Gasteiger partial charge in [-0.2, -0.15) is 0 Å². The van der Waals surface area contributed by atoms with E-state index in [9.17, 15) is 4.79 Å². The van der Waals surface area contributed by atoms with E-state index < -0.39 is 0 Å². The van der Waals surface area contributed by atoms with Crippen molar-refractivity contribution in [3.63, 3.8) is 0 Å². The van der Waals surface area contributed by atoms with Crippen molar-refractivity contribution >= 4 is 5.95 Å². The van der Waals surface area contributed by atoms with Crippen LogP contribution in [0.1, 0.15) is 11.3 Å². The number of aryl methyl sites for hydroxylation is 1. The summed E-state index contributed by atoms with van der Waals surface area (Å²) in [4.78, 5) is 21.8. The lowest BCUT2D eigenvalue weighted by molar-refractivity contribution is 0.122. The van der Waals surface area contributed by atoms with Gasteiger partial charge in [-0.25, -0.2) is 4.98 Å². The van der Waals surface area contributed by atoms with E-state index in [1.54, 1.807) is 0 Å². The molecule has 0 unspecified atom stereocenters. The van der Waals surface area contributed by atoms with E-state index in [1.165, 1.54) is 0 Å². The van der Waals surface area contributed by atoms with Gasteiger partial charge < -0.3 is 14.4 Å². The third-order valence-corrected chi connectivity index (χ3v) is 3.88. The molecule has 1 aromatic heterocycles. The van der Waals surface area contributed by atoms with Crippen molar-refractivity contribution in [1.82, 2.24) is 9.97 Å². The highest BCUT2D eigenvalue weighted by atomic mass is 16.5. The number of nitrogens with one attached hydrogen (secondary N) is 1. The molecule has 1 aliphatic rings. The molecule has 6 heteroatoms. The molecule has 1 aliphatic heterocycles. The smallest absolute Gasteiger partial charge is 0.255 e. The highest BCUT2D eigenvalue weighted by molar-refractivity contribution is 5.33. The molecule has 1 N–H and O–H groups in total. The number of hydrogen-bond donors (Lipinski definition) is 1. The SMILES string of the molecule is Cc1nc(N2CCOCC2)[nH]c(=O)c1CCOc1ccccc1. The first-order valence-corrected chi connectivity index (χ1v) is 7.84. The first-order valence-electron chi connectivity index (χ1n) is 7.84. The Morgan fingerprint density at radius 1 is 1.26 bits per heavy atom. The van der Waals surface area contributed by atoms with Crippen LogP contribution >= 0.6 is 0 Å². The van der Waals surface area contributed by atoms with Gasteiger partial charge in [-0.15, -0.1) is 0 Å². The first-order chi connectivity index (χ1) is 11.2. The van der Waals surface area contributed by atoms with Crippen molar-refractivity contribution in [2.75, 3.05) is 37.8 Å². The van der Waals surface area contributed by atoms with Crippen molar-refractivity contribution in [2.45, 2.75) is 13.3 Å². The Bertz CT molecular complexity index is 694. The summed E-state index contributed by atoms with van der Waals surface area (Å²) in [6.07, 6.45) is 0.534. The van der Waals surface area contributed by atoms with Crippen LogP contribution in [0.2, 0.25) is 0 Å². The Kier molecular flexibility index (Phi) is 4.92. The van der Waals surface area contributed by atoms with Crippen LogP contribution in [0.5, 0.6) is 5.75 Å². The van der Waals surface area contributed by atoms with E-state index in [2.05, 4.69) is 9.97 Å². The van der Waals surface area contributed by atoms with Crippen LogP contribution in [0, 0.1) is 6.92 Å². The second-order valence-corrected chi connectivity index (χ2v) is 5.46. The average molecular weight is 315 g/mol. The largest absolute Gasteiger partial charge is 0.493 e. The van der Waals surface area contributed by atoms with E-state index in [4.69, 9.17) is 9.47 Å². The zero-order valence-corrected chi connectivity index (χ0v) is 13.2. The fourth-order valence-corrected chi connectivity index (χ4v) is 2.60. The van der Waals surface area contributed by atoms with E-state index in [1.807, 2.05) is 42.2 Å². The predicted molar refractivity (Wildman–Crippen MR) is 88.3 cm³/mol. The van der Waals surface area contributed by atoms with Crippen molar-refractivity contribution in [1.29, 1.82) is 0 Å². The van der Waals surface area contributed by atoms with Crippen molar-refractivity contribution in [3.8, 4) is 5.75 Å². The zero-order valence-electron chi connectivity index (χ0n) is 13.2. The maximum absolute atomic E-state index is 12.3. The molecule has 2 heterocycles. The molecule has 0 atom stereocenters. The summed E-state index contributed by atoms with van der Waals surface area (Å²) in [5, 5.41) is 0. The third-order valence-electron chi connectivity index (χ3n) is 3.88. The normalized spacial score (nSPS) is 14.7. The van der Waals surface area contributed by atoms with Gasteiger partial charge in [-0.05, 0) is 19.1 Å². The molecule has 6 nitrogen and oxygen atoms in total. The van der Waals surface area contributed by atoms with Gasteiger partial charge in [0.05, 0.1) is 25.5 Å². The Hall–Kier alpha value is -2.34. The summed E-state index contributed by atoms with van der Waals surface area (Å²) < 4.78 is 11.0. The number of aromatic nitrogens is 2. The molecule has 0 amide bonds. The minimum Gasteiger partial charge on any atom is -0.493 e. The number of ether oxygens (including phenoxy) is 2. The standard InChI is InChI=1S/C17H21N3O3/c1-13-15(7-10-23-14-5-3-2-4-6-14)16(21)19-17(18-13)20-8-11-22-12-9-20/h2-6H,7-12H2,1H3,(H,18,19,21). The van der Waals surface area contributed by atoms with Gasteiger partial charge in [-0.3, -0.25) is 9.78 Å². The zero-order chi connectivity index (χ0) is 16.1.